The Hall–Kier alpha value is -3.38. The van der Waals surface area contributed by atoms with Crippen LogP contribution in [0.3, 0.4) is 0 Å². The van der Waals surface area contributed by atoms with Crippen LogP contribution < -0.4 is 10.6 Å². The zero-order chi connectivity index (χ0) is 24.6. The Balaban J connectivity index is 1.74. The number of nitrogens with zero attached hydrogens (tertiary/aromatic N) is 6. The van der Waals surface area contributed by atoms with E-state index in [0.717, 1.165) is 18.4 Å². The Bertz CT molecular complexity index is 1320. The third-order valence-corrected chi connectivity index (χ3v) is 6.79. The normalized spacial score (nSPS) is 19.9. The van der Waals surface area contributed by atoms with Gasteiger partial charge in [-0.15, -0.1) is 0 Å². The van der Waals surface area contributed by atoms with Crippen LogP contribution in [0.2, 0.25) is 0 Å². The zero-order valence-corrected chi connectivity index (χ0v) is 19.8. The number of aryl methyl sites for hydroxylation is 1. The molecule has 2 aromatic heterocycles. The lowest BCUT2D eigenvalue weighted by Gasteiger charge is -2.49. The molecule has 0 saturated carbocycles. The van der Waals surface area contributed by atoms with Gasteiger partial charge in [0.25, 0.3) is 0 Å². The van der Waals surface area contributed by atoms with Crippen LogP contribution in [-0.2, 0) is 7.05 Å². The number of hydrogen-bond donors (Lipinski definition) is 0. The lowest BCUT2D eigenvalue weighted by molar-refractivity contribution is 0.0937. The lowest BCUT2D eigenvalue weighted by atomic mass is 9.96. The fourth-order valence-electron chi connectivity index (χ4n) is 4.96. The van der Waals surface area contributed by atoms with E-state index in [1.165, 1.54) is 16.7 Å². The van der Waals surface area contributed by atoms with Crippen molar-refractivity contribution in [3.8, 4) is 6.07 Å². The summed E-state index contributed by atoms with van der Waals surface area (Å²) in [6.45, 7) is 7.41. The Kier molecular flexibility index (Phi) is 6.62. The highest BCUT2D eigenvalue weighted by Gasteiger charge is 2.36. The molecule has 0 N–H and O–H groups in total. The maximum Gasteiger partial charge on any atom is 0.349 e. The fraction of sp³-hybridized carbons (Fsp3) is 0.440. The molecule has 0 spiro atoms. The first-order valence-corrected chi connectivity index (χ1v) is 11.5. The number of anilines is 1. The summed E-state index contributed by atoms with van der Waals surface area (Å²) in [6, 6.07) is 9.49. The van der Waals surface area contributed by atoms with Crippen molar-refractivity contribution < 1.29 is 8.78 Å². The molecule has 0 radical (unpaired) electrons. The topological polar surface area (TPSA) is 78.0 Å². The SMILES string of the molecule is CCC(c1ccc(F)c(F)c1)N1C[C@H](C)N(c2nc(=O)n(C)c3ccc(C#N)nc23)C[C@H]1CC. The summed E-state index contributed by atoms with van der Waals surface area (Å²) in [5, 5.41) is 9.35. The molecular weight excluding hydrogens is 438 g/mol. The van der Waals surface area contributed by atoms with Gasteiger partial charge in [0.1, 0.15) is 17.3 Å². The van der Waals surface area contributed by atoms with E-state index >= 15 is 0 Å². The number of benzene rings is 1. The molecular formula is C25H28F2N6O. The minimum atomic E-state index is -0.850. The van der Waals surface area contributed by atoms with Crippen molar-refractivity contribution in [1.29, 1.82) is 5.26 Å². The number of hydrogen-bond acceptors (Lipinski definition) is 6. The summed E-state index contributed by atoms with van der Waals surface area (Å²) in [5.41, 5.74) is 1.76. The van der Waals surface area contributed by atoms with Crippen LogP contribution in [0.25, 0.3) is 11.0 Å². The van der Waals surface area contributed by atoms with Gasteiger partial charge in [0.2, 0.25) is 0 Å². The first kappa shape index (κ1) is 23.8. The van der Waals surface area contributed by atoms with Gasteiger partial charge in [0, 0.05) is 38.3 Å². The number of halogens is 2. The molecule has 7 nitrogen and oxygen atoms in total. The standard InChI is InChI=1S/C25H28F2N6O/c1-5-18-14-32(24-23-22(31(4)25(34)30-24)10-8-17(12-28)29-23)15(3)13-33(18)21(6-2)16-7-9-19(26)20(27)11-16/h7-11,15,18,21H,5-6,13-14H2,1-4H3/t15-,18+,21?/m0/s1. The molecule has 1 fully saturated rings. The van der Waals surface area contributed by atoms with Crippen LogP contribution in [0.1, 0.15) is 50.9 Å². The summed E-state index contributed by atoms with van der Waals surface area (Å²) in [5.74, 6) is -1.22. The number of nitriles is 1. The van der Waals surface area contributed by atoms with Gasteiger partial charge in [-0.1, -0.05) is 19.9 Å². The molecule has 0 bridgehead atoms. The van der Waals surface area contributed by atoms with Crippen molar-refractivity contribution >= 4 is 16.9 Å². The van der Waals surface area contributed by atoms with E-state index in [1.807, 2.05) is 6.92 Å². The van der Waals surface area contributed by atoms with Crippen molar-refractivity contribution in [1.82, 2.24) is 19.4 Å². The summed E-state index contributed by atoms with van der Waals surface area (Å²) in [7, 11) is 1.64. The van der Waals surface area contributed by atoms with Gasteiger partial charge in [-0.3, -0.25) is 9.47 Å². The highest BCUT2D eigenvalue weighted by molar-refractivity contribution is 5.86. The van der Waals surface area contributed by atoms with E-state index in [2.05, 4.69) is 39.7 Å². The summed E-state index contributed by atoms with van der Waals surface area (Å²) in [4.78, 5) is 25.9. The second kappa shape index (κ2) is 9.47. The molecule has 3 heterocycles. The van der Waals surface area contributed by atoms with Crippen molar-refractivity contribution in [2.24, 2.45) is 7.05 Å². The molecule has 0 aliphatic carbocycles. The van der Waals surface area contributed by atoms with E-state index in [9.17, 15) is 18.8 Å². The molecule has 0 amide bonds. The highest BCUT2D eigenvalue weighted by Crippen LogP contribution is 2.34. The number of pyridine rings is 1. The Labute approximate surface area is 197 Å². The smallest absolute Gasteiger partial charge is 0.349 e. The van der Waals surface area contributed by atoms with Gasteiger partial charge in [-0.05, 0) is 49.6 Å². The van der Waals surface area contributed by atoms with E-state index in [4.69, 9.17) is 0 Å². The van der Waals surface area contributed by atoms with E-state index in [1.54, 1.807) is 25.2 Å². The Morgan fingerprint density at radius 2 is 1.91 bits per heavy atom. The van der Waals surface area contributed by atoms with Gasteiger partial charge in [-0.25, -0.2) is 18.6 Å². The van der Waals surface area contributed by atoms with Crippen LogP contribution in [0.4, 0.5) is 14.6 Å². The molecule has 4 rings (SSSR count). The average molecular weight is 467 g/mol. The van der Waals surface area contributed by atoms with Crippen molar-refractivity contribution in [2.45, 2.75) is 51.7 Å². The van der Waals surface area contributed by atoms with Gasteiger partial charge in [0.05, 0.1) is 5.52 Å². The first-order chi connectivity index (χ1) is 16.3. The third kappa shape index (κ3) is 4.14. The second-order valence-corrected chi connectivity index (χ2v) is 8.81. The zero-order valence-electron chi connectivity index (χ0n) is 19.8. The largest absolute Gasteiger partial charge is 0.349 e. The summed E-state index contributed by atoms with van der Waals surface area (Å²) < 4.78 is 29.0. The quantitative estimate of drug-likeness (QED) is 0.567. The van der Waals surface area contributed by atoms with Crippen LogP contribution in [0.15, 0.2) is 35.1 Å². The average Bonchev–Trinajstić information content (AvgIpc) is 2.84. The highest BCUT2D eigenvalue weighted by atomic mass is 19.2. The van der Waals surface area contributed by atoms with E-state index in [-0.39, 0.29) is 29.5 Å². The first-order valence-electron chi connectivity index (χ1n) is 11.5. The molecule has 1 unspecified atom stereocenters. The number of rotatable bonds is 5. The van der Waals surface area contributed by atoms with Crippen LogP contribution in [0, 0.1) is 23.0 Å². The van der Waals surface area contributed by atoms with Gasteiger partial charge in [0.15, 0.2) is 17.5 Å². The molecule has 1 aromatic carbocycles. The molecule has 3 atom stereocenters. The van der Waals surface area contributed by atoms with Crippen molar-refractivity contribution in [2.75, 3.05) is 18.0 Å². The van der Waals surface area contributed by atoms with Crippen LogP contribution >= 0.6 is 0 Å². The van der Waals surface area contributed by atoms with Gasteiger partial charge < -0.3 is 4.90 Å². The molecule has 1 aliphatic heterocycles. The molecule has 1 saturated heterocycles. The lowest BCUT2D eigenvalue weighted by Crippen LogP contribution is -2.58. The van der Waals surface area contributed by atoms with E-state index < -0.39 is 11.6 Å². The van der Waals surface area contributed by atoms with Crippen LogP contribution in [0.5, 0.6) is 0 Å². The van der Waals surface area contributed by atoms with E-state index in [0.29, 0.717) is 29.9 Å². The third-order valence-electron chi connectivity index (χ3n) is 6.79. The molecule has 34 heavy (non-hydrogen) atoms. The summed E-state index contributed by atoms with van der Waals surface area (Å²) >= 11 is 0. The van der Waals surface area contributed by atoms with Gasteiger partial charge in [-0.2, -0.15) is 10.2 Å². The predicted molar refractivity (Wildman–Crippen MR) is 126 cm³/mol. The monoisotopic (exact) mass is 466 g/mol. The van der Waals surface area contributed by atoms with Gasteiger partial charge >= 0.3 is 5.69 Å². The number of fused-ring (bicyclic) bond motifs is 1. The van der Waals surface area contributed by atoms with Crippen molar-refractivity contribution in [3.05, 3.63) is 63.7 Å². The maximum atomic E-state index is 14.0. The Morgan fingerprint density at radius 1 is 1.15 bits per heavy atom. The Morgan fingerprint density at radius 3 is 2.56 bits per heavy atom. The maximum absolute atomic E-state index is 14.0. The van der Waals surface area contributed by atoms with Crippen molar-refractivity contribution in [3.63, 3.8) is 0 Å². The molecule has 178 valence electrons. The minimum Gasteiger partial charge on any atom is -0.349 e. The predicted octanol–water partition coefficient (Wildman–Crippen LogP) is 3.92. The summed E-state index contributed by atoms with van der Waals surface area (Å²) in [6.07, 6.45) is 1.57. The minimum absolute atomic E-state index is 0.0301. The number of piperazine rings is 1. The second-order valence-electron chi connectivity index (χ2n) is 8.81. The molecule has 3 aromatic rings. The number of aromatic nitrogens is 3. The molecule has 9 heteroatoms. The fourth-order valence-corrected chi connectivity index (χ4v) is 4.96. The molecule has 1 aliphatic rings. The van der Waals surface area contributed by atoms with Crippen LogP contribution in [-0.4, -0.2) is 44.6 Å².